The number of benzene rings is 1. The lowest BCUT2D eigenvalue weighted by Gasteiger charge is -2.08. The average Bonchev–Trinajstić information content (AvgIpc) is 3.31. The first kappa shape index (κ1) is 14.0. The molecule has 0 spiro atoms. The maximum absolute atomic E-state index is 11.2. The Morgan fingerprint density at radius 1 is 1.43 bits per heavy atom. The van der Waals surface area contributed by atoms with Crippen LogP contribution in [0.3, 0.4) is 0 Å². The number of carboxylic acids is 1. The van der Waals surface area contributed by atoms with Crippen LogP contribution < -0.4 is 4.74 Å². The number of hydrogen-bond acceptors (Lipinski definition) is 4. The lowest BCUT2D eigenvalue weighted by atomic mass is 10.1. The minimum absolute atomic E-state index is 0.203. The van der Waals surface area contributed by atoms with Gasteiger partial charge in [0, 0.05) is 17.7 Å². The van der Waals surface area contributed by atoms with Crippen molar-refractivity contribution in [3.05, 3.63) is 40.1 Å². The molecule has 1 saturated carbocycles. The number of aromatic carboxylic acids is 1. The maximum Gasteiger partial charge on any atom is 0.339 e. The molecule has 21 heavy (non-hydrogen) atoms. The van der Waals surface area contributed by atoms with E-state index in [-0.39, 0.29) is 11.5 Å². The number of methoxy groups -OCH3 is 1. The largest absolute Gasteiger partial charge is 0.496 e. The molecule has 108 valence electrons. The molecule has 1 aromatic heterocycles. The zero-order valence-corrected chi connectivity index (χ0v) is 12.9. The predicted molar refractivity (Wildman–Crippen MR) is 80.7 cm³/mol. The van der Waals surface area contributed by atoms with Crippen molar-refractivity contribution in [3.8, 4) is 17.1 Å². The first-order valence-corrected chi connectivity index (χ1v) is 7.33. The quantitative estimate of drug-likeness (QED) is 0.915. The Kier molecular flexibility index (Phi) is 3.63. The van der Waals surface area contributed by atoms with Crippen LogP contribution in [0.4, 0.5) is 0 Å². The summed E-state index contributed by atoms with van der Waals surface area (Å²) in [5.41, 5.74) is 1.66. The van der Waals surface area contributed by atoms with Crippen molar-refractivity contribution in [3.63, 3.8) is 0 Å². The van der Waals surface area contributed by atoms with Gasteiger partial charge in [-0.05, 0) is 47.0 Å². The van der Waals surface area contributed by atoms with Gasteiger partial charge in [-0.15, -0.1) is 0 Å². The fourth-order valence-electron chi connectivity index (χ4n) is 2.17. The molecule has 1 N–H and O–H groups in total. The summed E-state index contributed by atoms with van der Waals surface area (Å²) in [4.78, 5) is 19.9. The maximum atomic E-state index is 11.2. The number of carboxylic acid groups (broad SMARTS) is 1. The van der Waals surface area contributed by atoms with Crippen molar-refractivity contribution >= 4 is 21.9 Å². The van der Waals surface area contributed by atoms with Crippen molar-refractivity contribution in [2.75, 3.05) is 7.11 Å². The molecule has 1 aliphatic carbocycles. The Bertz CT molecular complexity index is 714. The van der Waals surface area contributed by atoms with Crippen molar-refractivity contribution in [2.45, 2.75) is 18.8 Å². The van der Waals surface area contributed by atoms with E-state index in [1.807, 2.05) is 18.2 Å². The van der Waals surface area contributed by atoms with Gasteiger partial charge in [-0.2, -0.15) is 0 Å². The van der Waals surface area contributed by atoms with Gasteiger partial charge in [0.25, 0.3) is 0 Å². The second-order valence-corrected chi connectivity index (χ2v) is 5.78. The fourth-order valence-corrected chi connectivity index (χ4v) is 2.71. The van der Waals surface area contributed by atoms with Crippen LogP contribution in [-0.2, 0) is 0 Å². The van der Waals surface area contributed by atoms with Crippen LogP contribution in [0.5, 0.6) is 5.75 Å². The zero-order chi connectivity index (χ0) is 15.0. The molecule has 1 aliphatic rings. The summed E-state index contributed by atoms with van der Waals surface area (Å²) in [7, 11) is 1.60. The fraction of sp³-hybridized carbons (Fsp3) is 0.267. The van der Waals surface area contributed by atoms with Crippen LogP contribution >= 0.6 is 15.9 Å². The van der Waals surface area contributed by atoms with Gasteiger partial charge in [0.1, 0.15) is 5.75 Å². The molecule has 2 aromatic rings. The van der Waals surface area contributed by atoms with Gasteiger partial charge in [-0.25, -0.2) is 14.8 Å². The van der Waals surface area contributed by atoms with Gasteiger partial charge in [0.15, 0.2) is 5.82 Å². The van der Waals surface area contributed by atoms with Crippen LogP contribution in [0.15, 0.2) is 28.9 Å². The molecule has 3 rings (SSSR count). The van der Waals surface area contributed by atoms with E-state index >= 15 is 0 Å². The van der Waals surface area contributed by atoms with Gasteiger partial charge in [0.2, 0.25) is 0 Å². The zero-order valence-electron chi connectivity index (χ0n) is 11.3. The van der Waals surface area contributed by atoms with E-state index in [1.165, 1.54) is 6.20 Å². The summed E-state index contributed by atoms with van der Waals surface area (Å²) in [5, 5.41) is 9.21. The van der Waals surface area contributed by atoms with E-state index < -0.39 is 5.97 Å². The second-order valence-electron chi connectivity index (χ2n) is 4.92. The molecule has 5 nitrogen and oxygen atoms in total. The first-order valence-electron chi connectivity index (χ1n) is 6.54. The van der Waals surface area contributed by atoms with E-state index in [4.69, 9.17) is 4.74 Å². The van der Waals surface area contributed by atoms with Gasteiger partial charge in [0.05, 0.1) is 22.8 Å². The van der Waals surface area contributed by atoms with Crippen molar-refractivity contribution < 1.29 is 14.6 Å². The van der Waals surface area contributed by atoms with Crippen LogP contribution in [0.25, 0.3) is 11.4 Å². The van der Waals surface area contributed by atoms with Crippen LogP contribution in [0.2, 0.25) is 0 Å². The van der Waals surface area contributed by atoms with Crippen LogP contribution in [0, 0.1) is 0 Å². The van der Waals surface area contributed by atoms with Crippen molar-refractivity contribution in [1.29, 1.82) is 0 Å². The smallest absolute Gasteiger partial charge is 0.339 e. The lowest BCUT2D eigenvalue weighted by Crippen LogP contribution is -2.06. The Balaban J connectivity index is 2.04. The number of aromatic nitrogens is 2. The van der Waals surface area contributed by atoms with E-state index in [1.54, 1.807) is 7.11 Å². The highest BCUT2D eigenvalue weighted by atomic mass is 79.9. The summed E-state index contributed by atoms with van der Waals surface area (Å²) in [6, 6.07) is 5.55. The number of rotatable bonds is 4. The van der Waals surface area contributed by atoms with Gasteiger partial charge >= 0.3 is 5.97 Å². The van der Waals surface area contributed by atoms with Crippen molar-refractivity contribution in [2.24, 2.45) is 0 Å². The number of ether oxygens (including phenoxy) is 1. The standard InChI is InChI=1S/C15H13BrN2O3/c1-21-12-5-4-9(6-11(12)16)14-17-7-10(15(19)20)13(18-14)8-2-3-8/h4-8H,2-3H2,1H3,(H,19,20). The van der Waals surface area contributed by atoms with E-state index in [2.05, 4.69) is 25.9 Å². The third-order valence-corrected chi connectivity index (χ3v) is 4.04. The molecule has 6 heteroatoms. The minimum Gasteiger partial charge on any atom is -0.496 e. The Hall–Kier alpha value is -1.95. The third kappa shape index (κ3) is 2.76. The van der Waals surface area contributed by atoms with Gasteiger partial charge < -0.3 is 9.84 Å². The summed E-state index contributed by atoms with van der Waals surface area (Å²) in [6.45, 7) is 0. The van der Waals surface area contributed by atoms with Gasteiger partial charge in [-0.3, -0.25) is 0 Å². The monoisotopic (exact) mass is 348 g/mol. The normalized spacial score (nSPS) is 14.0. The number of carbonyl (C=O) groups is 1. The molecule has 0 unspecified atom stereocenters. The van der Waals surface area contributed by atoms with Crippen molar-refractivity contribution in [1.82, 2.24) is 9.97 Å². The molecule has 0 saturated heterocycles. The predicted octanol–water partition coefficient (Wildman–Crippen LogP) is 3.49. The third-order valence-electron chi connectivity index (χ3n) is 3.42. The summed E-state index contributed by atoms with van der Waals surface area (Å²) in [5.74, 6) is 0.535. The minimum atomic E-state index is -0.973. The molecule has 1 aromatic carbocycles. The molecular weight excluding hydrogens is 336 g/mol. The molecule has 0 aliphatic heterocycles. The number of halogens is 1. The van der Waals surface area contributed by atoms with Crippen LogP contribution in [-0.4, -0.2) is 28.2 Å². The number of nitrogens with zero attached hydrogens (tertiary/aromatic N) is 2. The average molecular weight is 349 g/mol. The Morgan fingerprint density at radius 3 is 2.76 bits per heavy atom. The summed E-state index contributed by atoms with van der Waals surface area (Å²) >= 11 is 3.43. The van der Waals surface area contributed by atoms with E-state index in [0.717, 1.165) is 28.6 Å². The first-order chi connectivity index (χ1) is 10.1. The molecule has 1 fully saturated rings. The van der Waals surface area contributed by atoms with E-state index in [9.17, 15) is 9.90 Å². The Morgan fingerprint density at radius 2 is 2.19 bits per heavy atom. The second kappa shape index (κ2) is 5.44. The SMILES string of the molecule is COc1ccc(-c2ncc(C(=O)O)c(C3CC3)n2)cc1Br. The molecule has 1 heterocycles. The van der Waals surface area contributed by atoms with Crippen LogP contribution in [0.1, 0.15) is 34.8 Å². The lowest BCUT2D eigenvalue weighted by molar-refractivity contribution is 0.0694. The molecule has 0 atom stereocenters. The number of hydrogen-bond donors (Lipinski definition) is 1. The highest BCUT2D eigenvalue weighted by molar-refractivity contribution is 9.10. The highest BCUT2D eigenvalue weighted by Gasteiger charge is 2.30. The van der Waals surface area contributed by atoms with E-state index in [0.29, 0.717) is 11.5 Å². The van der Waals surface area contributed by atoms with Gasteiger partial charge in [-0.1, -0.05) is 0 Å². The molecule has 0 amide bonds. The molecular formula is C15H13BrN2O3. The summed E-state index contributed by atoms with van der Waals surface area (Å²) in [6.07, 6.45) is 3.38. The summed E-state index contributed by atoms with van der Waals surface area (Å²) < 4.78 is 6.00. The molecule has 0 radical (unpaired) electrons. The highest BCUT2D eigenvalue weighted by Crippen LogP contribution is 2.41. The Labute approximate surface area is 130 Å². The topological polar surface area (TPSA) is 72.3 Å². The molecule has 0 bridgehead atoms.